The number of nitrogens with zero attached hydrogens (tertiary/aromatic N) is 2. The first kappa shape index (κ1) is 24.8. The van der Waals surface area contributed by atoms with Gasteiger partial charge in [-0.2, -0.15) is 8.75 Å². The number of aliphatic carboxylic acids is 1. The molecule has 1 heterocycles. The van der Waals surface area contributed by atoms with Gasteiger partial charge in [-0.25, -0.2) is 0 Å². The van der Waals surface area contributed by atoms with Gasteiger partial charge in [0, 0.05) is 23.1 Å². The van der Waals surface area contributed by atoms with Gasteiger partial charge >= 0.3 is 29.6 Å². The van der Waals surface area contributed by atoms with Gasteiger partial charge in [0.2, 0.25) is 0 Å². The maximum absolute atomic E-state index is 13.6. The van der Waals surface area contributed by atoms with E-state index in [1.165, 1.54) is 7.11 Å². The molecule has 6 nitrogen and oxygen atoms in total. The van der Waals surface area contributed by atoms with Crippen LogP contribution in [0.5, 0.6) is 5.75 Å². The van der Waals surface area contributed by atoms with E-state index < -0.39 is 5.97 Å². The molecule has 0 bridgehead atoms. The molecule has 4 rings (SSSR count). The van der Waals surface area contributed by atoms with Crippen molar-refractivity contribution in [3.05, 3.63) is 94.6 Å². The van der Waals surface area contributed by atoms with Crippen molar-refractivity contribution >= 4 is 40.1 Å². The Hall–Kier alpha value is -2.84. The number of ether oxygens (including phenoxy) is 1. The van der Waals surface area contributed by atoms with E-state index in [2.05, 4.69) is 8.75 Å². The minimum atomic E-state index is -1.43. The Balaban J connectivity index is 0.00000306. The third-order valence-corrected chi connectivity index (χ3v) is 5.75. The first-order chi connectivity index (χ1) is 15.5. The van der Waals surface area contributed by atoms with Crippen LogP contribution in [0.25, 0.3) is 16.6 Å². The Morgan fingerprint density at radius 3 is 2.30 bits per heavy atom. The summed E-state index contributed by atoms with van der Waals surface area (Å²) in [5.74, 6) is -1.25. The van der Waals surface area contributed by atoms with Gasteiger partial charge in [0.25, 0.3) is 0 Å². The van der Waals surface area contributed by atoms with Crippen molar-refractivity contribution in [3.63, 3.8) is 0 Å². The number of aryl methyl sites for hydroxylation is 1. The summed E-state index contributed by atoms with van der Waals surface area (Å²) < 4.78 is 13.8. The number of carbonyl (C=O) groups excluding carboxylic acids is 2. The van der Waals surface area contributed by atoms with Gasteiger partial charge in [-0.15, -0.1) is 0 Å². The first-order valence-electron chi connectivity index (χ1n) is 9.88. The van der Waals surface area contributed by atoms with Crippen LogP contribution in [-0.2, 0) is 11.2 Å². The largest absolute Gasteiger partial charge is 1.00 e. The number of para-hydroxylation sites is 1. The number of carbonyl (C=O) groups is 2. The quantitative estimate of drug-likeness (QED) is 0.226. The molecule has 0 fully saturated rings. The molecule has 1 aromatic heterocycles. The van der Waals surface area contributed by atoms with E-state index in [0.717, 1.165) is 17.3 Å². The summed E-state index contributed by atoms with van der Waals surface area (Å²) in [5.41, 5.74) is 3.60. The van der Waals surface area contributed by atoms with E-state index in [4.69, 9.17) is 4.74 Å². The van der Waals surface area contributed by atoms with Crippen molar-refractivity contribution < 1.29 is 49.0 Å². The Kier molecular flexibility index (Phi) is 8.15. The van der Waals surface area contributed by atoms with E-state index in [9.17, 15) is 14.7 Å². The number of carboxylic acid groups (broad SMARTS) is 1. The standard InChI is InChI=1S/C25H20N2O4S.Na/c1-15-7-9-16(10-8-15)24(28)19(13-17-5-3-4-6-22(17)31-2)23(25(29)30)18-11-12-20-21(14-18)27-32-26-20;/h3-12,14H,13H2,1-2H3,(H,29,30);/q;+1/p-1/b23-19+;. The van der Waals surface area contributed by atoms with E-state index in [-0.39, 0.29) is 52.9 Å². The zero-order valence-electron chi connectivity index (χ0n) is 18.5. The number of Topliss-reactive ketones (excluding diaryl/α,β-unsaturated/α-hetero) is 1. The Morgan fingerprint density at radius 1 is 0.939 bits per heavy atom. The molecule has 4 aromatic rings. The Bertz CT molecular complexity index is 1350. The summed E-state index contributed by atoms with van der Waals surface area (Å²) in [4.78, 5) is 25.9. The maximum Gasteiger partial charge on any atom is 1.00 e. The molecular formula is C25H19N2NaO4S. The van der Waals surface area contributed by atoms with Crippen LogP contribution in [0.3, 0.4) is 0 Å². The summed E-state index contributed by atoms with van der Waals surface area (Å²) in [6.45, 7) is 1.92. The fourth-order valence-electron chi connectivity index (χ4n) is 3.55. The van der Waals surface area contributed by atoms with E-state index in [1.54, 1.807) is 36.4 Å². The van der Waals surface area contributed by atoms with Crippen molar-refractivity contribution in [3.8, 4) is 5.75 Å². The van der Waals surface area contributed by atoms with Gasteiger partial charge in [-0.3, -0.25) is 4.79 Å². The summed E-state index contributed by atoms with van der Waals surface area (Å²) in [7, 11) is 1.53. The number of benzene rings is 3. The third-order valence-electron chi connectivity index (χ3n) is 5.20. The predicted molar refractivity (Wildman–Crippen MR) is 122 cm³/mol. The van der Waals surface area contributed by atoms with Crippen molar-refractivity contribution in [2.75, 3.05) is 7.11 Å². The van der Waals surface area contributed by atoms with Crippen molar-refractivity contribution in [1.29, 1.82) is 0 Å². The molecule has 0 aliphatic carbocycles. The molecule has 33 heavy (non-hydrogen) atoms. The molecule has 0 aliphatic heterocycles. The Labute approximate surface area is 217 Å². The molecule has 160 valence electrons. The molecule has 3 aromatic carbocycles. The van der Waals surface area contributed by atoms with Crippen LogP contribution in [0.4, 0.5) is 0 Å². The molecule has 0 spiro atoms. The number of ketones is 1. The van der Waals surface area contributed by atoms with Gasteiger partial charge in [0.05, 0.1) is 24.8 Å². The average molecular weight is 466 g/mol. The predicted octanol–water partition coefficient (Wildman–Crippen LogP) is 0.641. The average Bonchev–Trinajstić information content (AvgIpc) is 3.27. The van der Waals surface area contributed by atoms with E-state index >= 15 is 0 Å². The molecule has 0 N–H and O–H groups in total. The summed E-state index contributed by atoms with van der Waals surface area (Å²) in [6, 6.07) is 19.2. The molecule has 8 heteroatoms. The molecule has 0 radical (unpaired) electrons. The first-order valence-corrected chi connectivity index (χ1v) is 10.6. The molecule has 0 aliphatic rings. The van der Waals surface area contributed by atoms with Crippen molar-refractivity contribution in [2.24, 2.45) is 0 Å². The maximum atomic E-state index is 13.6. The second-order valence-corrected chi connectivity index (χ2v) is 7.82. The molecule has 0 amide bonds. The number of rotatable bonds is 7. The van der Waals surface area contributed by atoms with Crippen molar-refractivity contribution in [2.45, 2.75) is 13.3 Å². The monoisotopic (exact) mass is 466 g/mol. The second kappa shape index (κ2) is 10.9. The number of allylic oxidation sites excluding steroid dienone is 1. The number of aromatic nitrogens is 2. The number of methoxy groups -OCH3 is 1. The minimum Gasteiger partial charge on any atom is -0.545 e. The Morgan fingerprint density at radius 2 is 1.61 bits per heavy atom. The second-order valence-electron chi connectivity index (χ2n) is 7.29. The summed E-state index contributed by atoms with van der Waals surface area (Å²) >= 11 is 1.04. The SMILES string of the molecule is COc1ccccc1C/C(C(=O)c1ccc(C)cc1)=C(\C(=O)[O-])c1ccc2nsnc2c1.[Na+]. The van der Waals surface area contributed by atoms with Crippen LogP contribution in [0.15, 0.2) is 72.3 Å². The van der Waals surface area contributed by atoms with Crippen LogP contribution in [0.1, 0.15) is 27.0 Å². The van der Waals surface area contributed by atoms with Crippen LogP contribution in [-0.4, -0.2) is 27.6 Å². The molecule has 0 atom stereocenters. The van der Waals surface area contributed by atoms with Crippen LogP contribution >= 0.6 is 11.7 Å². The number of hydrogen-bond acceptors (Lipinski definition) is 7. The van der Waals surface area contributed by atoms with Gasteiger partial charge in [-0.1, -0.05) is 54.1 Å². The molecule has 0 unspecified atom stereocenters. The zero-order valence-corrected chi connectivity index (χ0v) is 21.3. The van der Waals surface area contributed by atoms with E-state index in [1.807, 2.05) is 37.3 Å². The van der Waals surface area contributed by atoms with Gasteiger partial charge in [-0.05, 0) is 36.2 Å². The topological polar surface area (TPSA) is 92.2 Å². The summed E-state index contributed by atoms with van der Waals surface area (Å²) in [6.07, 6.45) is 0.0629. The zero-order chi connectivity index (χ0) is 22.7. The van der Waals surface area contributed by atoms with Gasteiger partial charge < -0.3 is 14.6 Å². The van der Waals surface area contributed by atoms with Crippen molar-refractivity contribution in [1.82, 2.24) is 8.75 Å². The van der Waals surface area contributed by atoms with Crippen LogP contribution in [0, 0.1) is 6.92 Å². The number of hydrogen-bond donors (Lipinski definition) is 0. The smallest absolute Gasteiger partial charge is 0.545 e. The van der Waals surface area contributed by atoms with E-state index in [0.29, 0.717) is 33.5 Å². The number of fused-ring (bicyclic) bond motifs is 1. The molecule has 0 saturated carbocycles. The minimum absolute atomic E-state index is 0. The summed E-state index contributed by atoms with van der Waals surface area (Å²) in [5, 5.41) is 12.4. The van der Waals surface area contributed by atoms with Crippen LogP contribution in [0.2, 0.25) is 0 Å². The molecular weight excluding hydrogens is 447 g/mol. The molecule has 0 saturated heterocycles. The van der Waals surface area contributed by atoms with Crippen LogP contribution < -0.4 is 39.4 Å². The normalized spacial score (nSPS) is 11.5. The third kappa shape index (κ3) is 5.39. The fourth-order valence-corrected chi connectivity index (χ4v) is 4.07. The number of carboxylic acids is 1. The van der Waals surface area contributed by atoms with Gasteiger partial charge in [0.1, 0.15) is 16.8 Å². The van der Waals surface area contributed by atoms with Gasteiger partial charge in [0.15, 0.2) is 5.78 Å². The fraction of sp³-hybridized carbons (Fsp3) is 0.120.